The first-order valence-corrected chi connectivity index (χ1v) is 10.2. The number of nitrogens with one attached hydrogen (secondary N) is 1. The molecule has 2 unspecified atom stereocenters. The fraction of sp³-hybridized carbons (Fsp3) is 0.619. The molecule has 1 aliphatic heterocycles. The van der Waals surface area contributed by atoms with Crippen LogP contribution in [0.25, 0.3) is 0 Å². The van der Waals surface area contributed by atoms with Crippen molar-refractivity contribution in [3.63, 3.8) is 0 Å². The molecule has 170 valence electrons. The molecular formula is C21H33Cl2FN4O2. The van der Waals surface area contributed by atoms with E-state index in [4.69, 9.17) is 5.73 Å². The Morgan fingerprint density at radius 3 is 2.37 bits per heavy atom. The molecule has 2 fully saturated rings. The molecule has 0 radical (unpaired) electrons. The lowest BCUT2D eigenvalue weighted by Crippen LogP contribution is -2.53. The molecule has 1 saturated carbocycles. The van der Waals surface area contributed by atoms with Gasteiger partial charge < -0.3 is 20.9 Å². The Bertz CT molecular complexity index is 695. The molecule has 3 N–H and O–H groups in total. The first kappa shape index (κ1) is 26.5. The third kappa shape index (κ3) is 6.72. The number of amides is 2. The van der Waals surface area contributed by atoms with Gasteiger partial charge in [0, 0.05) is 50.4 Å². The predicted octanol–water partition coefficient (Wildman–Crippen LogP) is 2.73. The number of rotatable bonds is 5. The van der Waals surface area contributed by atoms with E-state index in [0.717, 1.165) is 44.5 Å². The summed E-state index contributed by atoms with van der Waals surface area (Å²) in [7, 11) is 0. The van der Waals surface area contributed by atoms with E-state index in [-0.39, 0.29) is 48.4 Å². The molecule has 1 heterocycles. The number of anilines is 1. The molecule has 3 rings (SSSR count). The van der Waals surface area contributed by atoms with Crippen LogP contribution in [0, 0.1) is 11.7 Å². The molecule has 1 aromatic carbocycles. The molecule has 0 aromatic heterocycles. The highest BCUT2D eigenvalue weighted by Crippen LogP contribution is 2.31. The van der Waals surface area contributed by atoms with Crippen molar-refractivity contribution in [1.29, 1.82) is 0 Å². The topological polar surface area (TPSA) is 78.7 Å². The Hall–Kier alpha value is -1.57. The lowest BCUT2D eigenvalue weighted by atomic mass is 9.74. The average Bonchev–Trinajstić information content (AvgIpc) is 2.68. The Kier molecular flexibility index (Phi) is 10.3. The van der Waals surface area contributed by atoms with Crippen molar-refractivity contribution in [1.82, 2.24) is 10.2 Å². The van der Waals surface area contributed by atoms with Crippen LogP contribution in [0.2, 0.25) is 0 Å². The van der Waals surface area contributed by atoms with Crippen molar-refractivity contribution in [3.8, 4) is 0 Å². The Balaban J connectivity index is 0.00000225. The van der Waals surface area contributed by atoms with E-state index in [1.165, 1.54) is 12.1 Å². The summed E-state index contributed by atoms with van der Waals surface area (Å²) >= 11 is 0. The molecule has 2 aliphatic rings. The summed E-state index contributed by atoms with van der Waals surface area (Å²) in [6.45, 7) is 5.00. The summed E-state index contributed by atoms with van der Waals surface area (Å²) in [5.74, 6) is -0.393. The van der Waals surface area contributed by atoms with Gasteiger partial charge in [-0.2, -0.15) is 0 Å². The number of carbonyl (C=O) groups is 2. The second-order valence-corrected chi connectivity index (χ2v) is 8.19. The SMILES string of the molecule is CC1(N)CCCCC1C(=O)NCCC(=O)N1CCN(c2ccc(F)cc2)CC1.Cl.Cl. The minimum absolute atomic E-state index is 0. The number of benzene rings is 1. The molecule has 2 amide bonds. The number of nitrogens with two attached hydrogens (primary N) is 1. The number of piperazine rings is 1. The molecule has 0 spiro atoms. The molecule has 1 saturated heterocycles. The number of halogens is 3. The lowest BCUT2D eigenvalue weighted by molar-refractivity contribution is -0.131. The van der Waals surface area contributed by atoms with E-state index < -0.39 is 5.54 Å². The number of nitrogens with zero attached hydrogens (tertiary/aromatic N) is 2. The minimum Gasteiger partial charge on any atom is -0.368 e. The fourth-order valence-corrected chi connectivity index (χ4v) is 4.23. The summed E-state index contributed by atoms with van der Waals surface area (Å²) < 4.78 is 13.0. The van der Waals surface area contributed by atoms with E-state index in [9.17, 15) is 14.0 Å². The molecule has 1 aliphatic carbocycles. The van der Waals surface area contributed by atoms with E-state index >= 15 is 0 Å². The highest BCUT2D eigenvalue weighted by Gasteiger charge is 2.37. The van der Waals surface area contributed by atoms with Gasteiger partial charge in [-0.1, -0.05) is 12.8 Å². The first-order valence-electron chi connectivity index (χ1n) is 10.2. The van der Waals surface area contributed by atoms with Gasteiger partial charge in [0.1, 0.15) is 5.82 Å². The summed E-state index contributed by atoms with van der Waals surface area (Å²) in [5, 5.41) is 2.91. The van der Waals surface area contributed by atoms with Crippen molar-refractivity contribution in [2.45, 2.75) is 44.6 Å². The second-order valence-electron chi connectivity index (χ2n) is 8.19. The first-order chi connectivity index (χ1) is 13.4. The largest absolute Gasteiger partial charge is 0.368 e. The van der Waals surface area contributed by atoms with Gasteiger partial charge in [0.25, 0.3) is 0 Å². The van der Waals surface area contributed by atoms with E-state index in [1.807, 2.05) is 11.8 Å². The predicted molar refractivity (Wildman–Crippen MR) is 122 cm³/mol. The smallest absolute Gasteiger partial charge is 0.224 e. The third-order valence-corrected chi connectivity index (χ3v) is 6.03. The van der Waals surface area contributed by atoms with Crippen LogP contribution in [0.4, 0.5) is 10.1 Å². The standard InChI is InChI=1S/C21H31FN4O2.2ClH/c1-21(23)10-3-2-4-18(21)20(28)24-11-9-19(27)26-14-12-25(13-15-26)17-7-5-16(22)6-8-17;;/h5-8,18H,2-4,9-15,23H2,1H3,(H,24,28);2*1H. The number of carbonyl (C=O) groups excluding carboxylic acids is 2. The van der Waals surface area contributed by atoms with Crippen molar-refractivity contribution < 1.29 is 14.0 Å². The van der Waals surface area contributed by atoms with Gasteiger partial charge >= 0.3 is 0 Å². The van der Waals surface area contributed by atoms with Gasteiger partial charge in [-0.25, -0.2) is 4.39 Å². The number of hydrogen-bond donors (Lipinski definition) is 2. The van der Waals surface area contributed by atoms with Crippen molar-refractivity contribution in [2.24, 2.45) is 11.7 Å². The van der Waals surface area contributed by atoms with Gasteiger partial charge in [0.05, 0.1) is 5.92 Å². The zero-order valence-corrected chi connectivity index (χ0v) is 19.1. The van der Waals surface area contributed by atoms with E-state index in [1.54, 1.807) is 12.1 Å². The second kappa shape index (κ2) is 11.7. The quantitative estimate of drug-likeness (QED) is 0.704. The molecule has 1 aromatic rings. The Labute approximate surface area is 190 Å². The van der Waals surface area contributed by atoms with Gasteiger partial charge in [-0.3, -0.25) is 9.59 Å². The normalized spacial score (nSPS) is 23.8. The molecule has 6 nitrogen and oxygen atoms in total. The van der Waals surface area contributed by atoms with Crippen molar-refractivity contribution >= 4 is 42.3 Å². The van der Waals surface area contributed by atoms with Crippen molar-refractivity contribution in [2.75, 3.05) is 37.6 Å². The summed E-state index contributed by atoms with van der Waals surface area (Å²) in [5.41, 5.74) is 6.79. The van der Waals surface area contributed by atoms with Crippen molar-refractivity contribution in [3.05, 3.63) is 30.1 Å². The highest BCUT2D eigenvalue weighted by atomic mass is 35.5. The van der Waals surface area contributed by atoms with Gasteiger partial charge in [0.15, 0.2) is 0 Å². The van der Waals surface area contributed by atoms with Gasteiger partial charge in [-0.15, -0.1) is 24.8 Å². The average molecular weight is 463 g/mol. The molecule has 0 bridgehead atoms. The lowest BCUT2D eigenvalue weighted by Gasteiger charge is -2.37. The van der Waals surface area contributed by atoms with Crippen LogP contribution in [-0.2, 0) is 9.59 Å². The van der Waals surface area contributed by atoms with Crippen LogP contribution in [0.5, 0.6) is 0 Å². The summed E-state index contributed by atoms with van der Waals surface area (Å²) in [6.07, 6.45) is 4.08. The molecule has 30 heavy (non-hydrogen) atoms. The zero-order valence-electron chi connectivity index (χ0n) is 17.4. The molecule has 2 atom stereocenters. The fourth-order valence-electron chi connectivity index (χ4n) is 4.23. The Morgan fingerprint density at radius 2 is 1.77 bits per heavy atom. The zero-order chi connectivity index (χ0) is 20.1. The van der Waals surface area contributed by atoms with Gasteiger partial charge in [-0.05, 0) is 44.0 Å². The van der Waals surface area contributed by atoms with Gasteiger partial charge in [0.2, 0.25) is 11.8 Å². The highest BCUT2D eigenvalue weighted by molar-refractivity contribution is 5.85. The Morgan fingerprint density at radius 1 is 1.13 bits per heavy atom. The van der Waals surface area contributed by atoms with Crippen LogP contribution in [0.15, 0.2) is 24.3 Å². The maximum absolute atomic E-state index is 13.0. The molecule has 9 heteroatoms. The summed E-state index contributed by atoms with van der Waals surface area (Å²) in [6, 6.07) is 6.43. The van der Waals surface area contributed by atoms with Crippen LogP contribution < -0.4 is 16.0 Å². The maximum atomic E-state index is 13.0. The van der Waals surface area contributed by atoms with Crippen LogP contribution in [0.3, 0.4) is 0 Å². The van der Waals surface area contributed by atoms with E-state index in [0.29, 0.717) is 26.1 Å². The maximum Gasteiger partial charge on any atom is 0.224 e. The van der Waals surface area contributed by atoms with Crippen LogP contribution >= 0.6 is 24.8 Å². The van der Waals surface area contributed by atoms with E-state index in [2.05, 4.69) is 10.2 Å². The van der Waals surface area contributed by atoms with Crippen LogP contribution in [0.1, 0.15) is 39.0 Å². The van der Waals surface area contributed by atoms with Crippen LogP contribution in [-0.4, -0.2) is 55.0 Å². The molecular weight excluding hydrogens is 430 g/mol. The monoisotopic (exact) mass is 462 g/mol. The summed E-state index contributed by atoms with van der Waals surface area (Å²) in [4.78, 5) is 28.9. The number of hydrogen-bond acceptors (Lipinski definition) is 4. The third-order valence-electron chi connectivity index (χ3n) is 6.03. The minimum atomic E-state index is -0.455.